The van der Waals surface area contributed by atoms with Crippen molar-refractivity contribution in [3.05, 3.63) is 53.1 Å². The van der Waals surface area contributed by atoms with Gasteiger partial charge in [0.25, 0.3) is 10.2 Å². The van der Waals surface area contributed by atoms with Crippen molar-refractivity contribution in [1.29, 1.82) is 0 Å². The van der Waals surface area contributed by atoms with Gasteiger partial charge in [-0.1, -0.05) is 30.2 Å². The summed E-state index contributed by atoms with van der Waals surface area (Å²) in [5.41, 5.74) is 2.14. The molecule has 1 aliphatic heterocycles. The minimum absolute atomic E-state index is 0.0877. The van der Waals surface area contributed by atoms with Crippen LogP contribution in [-0.2, 0) is 23.1 Å². The molecule has 2 aromatic rings. The highest BCUT2D eigenvalue weighted by molar-refractivity contribution is 7.87. The number of H-pyrrole nitrogens is 1. The van der Waals surface area contributed by atoms with E-state index in [9.17, 15) is 8.42 Å². The Labute approximate surface area is 153 Å². The molecule has 0 spiro atoms. The van der Waals surface area contributed by atoms with Gasteiger partial charge < -0.3 is 4.98 Å². The molecule has 1 aromatic carbocycles. The number of hydrogen-bond acceptors (Lipinski definition) is 3. The van der Waals surface area contributed by atoms with Crippen LogP contribution in [0.15, 0.2) is 36.8 Å². The maximum absolute atomic E-state index is 12.2. The molecule has 136 valence electrons. The summed E-state index contributed by atoms with van der Waals surface area (Å²) in [5.74, 6) is 0. The molecule has 3 rings (SSSR count). The number of rotatable bonds is 8. The molecular weight excluding hydrogens is 360 g/mol. The zero-order valence-electron chi connectivity index (χ0n) is 14.0. The smallest absolute Gasteiger partial charge is 0.279 e. The average Bonchev–Trinajstić information content (AvgIpc) is 3.17. The van der Waals surface area contributed by atoms with Gasteiger partial charge in [-0.2, -0.15) is 17.4 Å². The normalized spacial score (nSPS) is 20.1. The number of aryl methyl sites for hydroxylation is 1. The number of nitrogens with one attached hydrogen (secondary N) is 2. The lowest BCUT2D eigenvalue weighted by Gasteiger charge is -2.13. The number of halogens is 1. The van der Waals surface area contributed by atoms with Gasteiger partial charge in [0.1, 0.15) is 0 Å². The molecule has 6 nitrogen and oxygen atoms in total. The van der Waals surface area contributed by atoms with Crippen molar-refractivity contribution in [2.24, 2.45) is 0 Å². The summed E-state index contributed by atoms with van der Waals surface area (Å²) < 4.78 is 28.8. The van der Waals surface area contributed by atoms with Crippen LogP contribution in [0.2, 0.25) is 5.02 Å². The quantitative estimate of drug-likeness (QED) is 0.688. The number of imidazole rings is 1. The third-order valence-corrected chi connectivity index (χ3v) is 6.26. The molecule has 0 radical (unpaired) electrons. The van der Waals surface area contributed by atoms with E-state index in [4.69, 9.17) is 11.6 Å². The van der Waals surface area contributed by atoms with Gasteiger partial charge in [-0.25, -0.2) is 4.98 Å². The van der Waals surface area contributed by atoms with Crippen LogP contribution in [-0.4, -0.2) is 41.8 Å². The third kappa shape index (κ3) is 5.28. The largest absolute Gasteiger partial charge is 0.351 e. The Balaban J connectivity index is 1.43. The standard InChI is InChI=1S/C17H23ClN4O2S/c18-15-7-5-14(6-8-15)10-17-12-22(25(23,24)21-17)9-3-1-2-4-16-11-19-13-20-16/h5-8,11,13,17,21H,1-4,9-10,12H2,(H,19,20). The molecule has 1 unspecified atom stereocenters. The van der Waals surface area contributed by atoms with Crippen molar-refractivity contribution in [3.63, 3.8) is 0 Å². The van der Waals surface area contributed by atoms with E-state index < -0.39 is 10.2 Å². The molecule has 1 aliphatic rings. The third-order valence-electron chi connectivity index (χ3n) is 4.37. The van der Waals surface area contributed by atoms with Gasteiger partial charge in [-0.05, 0) is 43.4 Å². The Morgan fingerprint density at radius 2 is 2.00 bits per heavy atom. The molecule has 25 heavy (non-hydrogen) atoms. The highest BCUT2D eigenvalue weighted by Crippen LogP contribution is 2.17. The number of nitrogens with zero attached hydrogens (tertiary/aromatic N) is 2. The summed E-state index contributed by atoms with van der Waals surface area (Å²) >= 11 is 5.89. The number of hydrogen-bond donors (Lipinski definition) is 2. The molecule has 2 heterocycles. The van der Waals surface area contributed by atoms with Gasteiger partial charge >= 0.3 is 0 Å². The second-order valence-electron chi connectivity index (χ2n) is 6.38. The molecule has 1 saturated heterocycles. The van der Waals surface area contributed by atoms with E-state index in [-0.39, 0.29) is 6.04 Å². The molecule has 0 bridgehead atoms. The summed E-state index contributed by atoms with van der Waals surface area (Å²) in [5, 5.41) is 0.687. The minimum atomic E-state index is -3.35. The monoisotopic (exact) mass is 382 g/mol. The summed E-state index contributed by atoms with van der Waals surface area (Å²) in [6.45, 7) is 1.08. The summed E-state index contributed by atoms with van der Waals surface area (Å²) in [6.07, 6.45) is 8.04. The van der Waals surface area contributed by atoms with Crippen LogP contribution in [0.4, 0.5) is 0 Å². The molecule has 1 atom stereocenters. The Kier molecular flexibility index (Phi) is 6.11. The maximum atomic E-state index is 12.2. The molecule has 0 amide bonds. The molecule has 8 heteroatoms. The Bertz CT molecular complexity index is 762. The predicted molar refractivity (Wildman–Crippen MR) is 98.7 cm³/mol. The van der Waals surface area contributed by atoms with Crippen LogP contribution in [0, 0.1) is 0 Å². The van der Waals surface area contributed by atoms with E-state index in [0.717, 1.165) is 36.9 Å². The van der Waals surface area contributed by atoms with E-state index in [2.05, 4.69) is 14.7 Å². The first-order valence-corrected chi connectivity index (χ1v) is 10.3. The van der Waals surface area contributed by atoms with E-state index in [1.165, 1.54) is 0 Å². The Morgan fingerprint density at radius 3 is 2.72 bits per heavy atom. The first-order valence-electron chi connectivity index (χ1n) is 8.52. The van der Waals surface area contributed by atoms with E-state index in [1.54, 1.807) is 10.6 Å². The fourth-order valence-electron chi connectivity index (χ4n) is 3.09. The number of benzene rings is 1. The molecular formula is C17H23ClN4O2S. The molecule has 0 aliphatic carbocycles. The SMILES string of the molecule is O=S1(=O)NC(Cc2ccc(Cl)cc2)CN1CCCCCc1c[nH]cn1. The first kappa shape index (κ1) is 18.4. The number of aromatic amines is 1. The second kappa shape index (κ2) is 8.31. The average molecular weight is 383 g/mol. The fourth-order valence-corrected chi connectivity index (χ4v) is 4.69. The lowest BCUT2D eigenvalue weighted by Crippen LogP contribution is -2.31. The predicted octanol–water partition coefficient (Wildman–Crippen LogP) is 2.54. The van der Waals surface area contributed by atoms with Crippen LogP contribution < -0.4 is 4.72 Å². The van der Waals surface area contributed by atoms with Crippen molar-refractivity contribution >= 4 is 21.8 Å². The van der Waals surface area contributed by atoms with Gasteiger partial charge in [0.2, 0.25) is 0 Å². The molecule has 1 fully saturated rings. The van der Waals surface area contributed by atoms with E-state index in [1.807, 2.05) is 30.5 Å². The maximum Gasteiger partial charge on any atom is 0.279 e. The lowest BCUT2D eigenvalue weighted by atomic mass is 10.1. The van der Waals surface area contributed by atoms with Crippen LogP contribution in [0.1, 0.15) is 30.5 Å². The Morgan fingerprint density at radius 1 is 1.20 bits per heavy atom. The lowest BCUT2D eigenvalue weighted by molar-refractivity contribution is 0.411. The molecule has 2 N–H and O–H groups in total. The Hall–Kier alpha value is -1.41. The van der Waals surface area contributed by atoms with Crippen LogP contribution >= 0.6 is 11.6 Å². The van der Waals surface area contributed by atoms with Crippen molar-refractivity contribution in [3.8, 4) is 0 Å². The van der Waals surface area contributed by atoms with Gasteiger partial charge in [-0.15, -0.1) is 0 Å². The zero-order chi connectivity index (χ0) is 17.7. The number of aromatic nitrogens is 2. The number of unbranched alkanes of at least 4 members (excludes halogenated alkanes) is 2. The minimum Gasteiger partial charge on any atom is -0.351 e. The van der Waals surface area contributed by atoms with E-state index in [0.29, 0.717) is 24.5 Å². The summed E-state index contributed by atoms with van der Waals surface area (Å²) in [7, 11) is -3.35. The second-order valence-corrected chi connectivity index (χ2v) is 8.52. The van der Waals surface area contributed by atoms with Gasteiger partial charge in [0.05, 0.1) is 12.0 Å². The van der Waals surface area contributed by atoms with Gasteiger partial charge in [0, 0.05) is 30.4 Å². The first-order chi connectivity index (χ1) is 12.0. The topological polar surface area (TPSA) is 78.1 Å². The summed E-state index contributed by atoms with van der Waals surface area (Å²) in [4.78, 5) is 7.13. The van der Waals surface area contributed by atoms with Gasteiger partial charge in [-0.3, -0.25) is 0 Å². The fraction of sp³-hybridized carbons (Fsp3) is 0.471. The van der Waals surface area contributed by atoms with Crippen LogP contribution in [0.3, 0.4) is 0 Å². The van der Waals surface area contributed by atoms with Crippen LogP contribution in [0.25, 0.3) is 0 Å². The highest BCUT2D eigenvalue weighted by Gasteiger charge is 2.34. The zero-order valence-corrected chi connectivity index (χ0v) is 15.6. The van der Waals surface area contributed by atoms with E-state index >= 15 is 0 Å². The molecule has 1 aromatic heterocycles. The highest BCUT2D eigenvalue weighted by atomic mass is 35.5. The van der Waals surface area contributed by atoms with Crippen molar-refractivity contribution in [1.82, 2.24) is 19.0 Å². The van der Waals surface area contributed by atoms with Crippen molar-refractivity contribution in [2.45, 2.75) is 38.1 Å². The van der Waals surface area contributed by atoms with Gasteiger partial charge in [0.15, 0.2) is 0 Å². The summed E-state index contributed by atoms with van der Waals surface area (Å²) in [6, 6.07) is 7.45. The van der Waals surface area contributed by atoms with Crippen molar-refractivity contribution < 1.29 is 8.42 Å². The van der Waals surface area contributed by atoms with Crippen molar-refractivity contribution in [2.75, 3.05) is 13.1 Å². The van der Waals surface area contributed by atoms with Crippen LogP contribution in [0.5, 0.6) is 0 Å². The molecule has 0 saturated carbocycles.